The highest BCUT2D eigenvalue weighted by molar-refractivity contribution is 5.81. The van der Waals surface area contributed by atoms with Crippen LogP contribution in [0, 0.1) is 11.8 Å². The first-order valence-electron chi connectivity index (χ1n) is 9.20. The van der Waals surface area contributed by atoms with E-state index >= 15 is 0 Å². The molecule has 0 amide bonds. The Morgan fingerprint density at radius 2 is 2.28 bits per heavy atom. The summed E-state index contributed by atoms with van der Waals surface area (Å²) in [7, 11) is 1.52. The molecule has 4 fully saturated rings. The van der Waals surface area contributed by atoms with Crippen molar-refractivity contribution in [3.8, 4) is 0 Å². The summed E-state index contributed by atoms with van der Waals surface area (Å²) in [5, 5.41) is 3.73. The Morgan fingerprint density at radius 3 is 3.08 bits per heavy atom. The van der Waals surface area contributed by atoms with Gasteiger partial charge >= 0.3 is 5.97 Å². The van der Waals surface area contributed by atoms with E-state index in [1.807, 2.05) is 0 Å². The van der Waals surface area contributed by atoms with Crippen molar-refractivity contribution in [1.29, 1.82) is 0 Å². The van der Waals surface area contributed by atoms with E-state index in [9.17, 15) is 4.79 Å². The molecule has 0 unspecified atom stereocenters. The van der Waals surface area contributed by atoms with Gasteiger partial charge in [-0.2, -0.15) is 0 Å². The number of fused-ring (bicyclic) bond motifs is 4. The second kappa shape index (κ2) is 4.27. The van der Waals surface area contributed by atoms with Crippen LogP contribution in [0.15, 0.2) is 35.9 Å². The molecule has 1 spiro atoms. The third-order valence-corrected chi connectivity index (χ3v) is 7.53. The number of ether oxygens (including phenoxy) is 2. The van der Waals surface area contributed by atoms with Crippen molar-refractivity contribution < 1.29 is 14.3 Å². The first-order valence-corrected chi connectivity index (χ1v) is 9.20. The van der Waals surface area contributed by atoms with E-state index in [1.54, 1.807) is 0 Å². The van der Waals surface area contributed by atoms with Gasteiger partial charge in [0.15, 0.2) is 5.72 Å². The molecule has 1 N–H and O–H groups in total. The van der Waals surface area contributed by atoms with Gasteiger partial charge in [0.2, 0.25) is 0 Å². The molecule has 4 bridgehead atoms. The number of hydrogen-bond donors (Lipinski definition) is 1. The zero-order valence-corrected chi connectivity index (χ0v) is 14.5. The fraction of sp³-hybridized carbons (Fsp3) is 0.550. The zero-order chi connectivity index (χ0) is 17.0. The quantitative estimate of drug-likeness (QED) is 0.629. The molecule has 0 aromatic heterocycles. The molecule has 5 aliphatic rings. The maximum atomic E-state index is 13.1. The third kappa shape index (κ3) is 1.30. The van der Waals surface area contributed by atoms with Crippen LogP contribution in [0.5, 0.6) is 0 Å². The Morgan fingerprint density at radius 1 is 1.44 bits per heavy atom. The van der Waals surface area contributed by atoms with E-state index in [0.29, 0.717) is 6.04 Å². The summed E-state index contributed by atoms with van der Waals surface area (Å²) in [6, 6.07) is 8.74. The standard InChI is InChI=1S/C20H22N2O3/c1-3-11-10-22-15-8-12(11)17(18(23)24-2)19-9-16(22)25-20(15,19)21-14-7-5-4-6-13(14)19/h3-7,12,15-17,21H,8-10H2,1-2H3/t12-,15-,16-,17-,19+,20+/m0/s1. The second-order valence-electron chi connectivity index (χ2n) is 8.05. The minimum absolute atomic E-state index is 0.0780. The van der Waals surface area contributed by atoms with Crippen LogP contribution < -0.4 is 5.32 Å². The van der Waals surface area contributed by atoms with Crippen LogP contribution in [0.2, 0.25) is 0 Å². The van der Waals surface area contributed by atoms with Gasteiger partial charge in [-0.15, -0.1) is 0 Å². The van der Waals surface area contributed by atoms with Crippen LogP contribution in [0.3, 0.4) is 0 Å². The predicted octanol–water partition coefficient (Wildman–Crippen LogP) is 2.25. The Kier molecular flexibility index (Phi) is 2.45. The summed E-state index contributed by atoms with van der Waals surface area (Å²) in [4.78, 5) is 15.6. The minimum atomic E-state index is -0.490. The van der Waals surface area contributed by atoms with Crippen molar-refractivity contribution in [2.45, 2.75) is 43.2 Å². The number of rotatable bonds is 1. The molecule has 5 nitrogen and oxygen atoms in total. The predicted molar refractivity (Wildman–Crippen MR) is 91.8 cm³/mol. The molecule has 6 atom stereocenters. The summed E-state index contributed by atoms with van der Waals surface area (Å²) in [5.41, 5.74) is 2.89. The molecule has 25 heavy (non-hydrogen) atoms. The summed E-state index contributed by atoms with van der Waals surface area (Å²) < 4.78 is 12.0. The molecule has 130 valence electrons. The topological polar surface area (TPSA) is 50.8 Å². The number of allylic oxidation sites excluding steroid dienone is 1. The lowest BCUT2D eigenvalue weighted by molar-refractivity contribution is -0.161. The van der Waals surface area contributed by atoms with Crippen LogP contribution in [-0.4, -0.2) is 42.5 Å². The fourth-order valence-electron chi connectivity index (χ4n) is 6.75. The molecule has 1 aromatic rings. The molecule has 5 heteroatoms. The fourth-order valence-corrected chi connectivity index (χ4v) is 6.75. The SMILES string of the molecule is CC=C1CN2[C@@H]3C[C@]45c6ccccc6N[C@@]4(O3)[C@@H]2C[C@@H]1[C@H]5C(=O)OC. The number of para-hydroxylation sites is 1. The van der Waals surface area contributed by atoms with Gasteiger partial charge in [0, 0.05) is 18.7 Å². The van der Waals surface area contributed by atoms with E-state index in [1.165, 1.54) is 18.2 Å². The number of hydrogen-bond acceptors (Lipinski definition) is 5. The van der Waals surface area contributed by atoms with E-state index in [4.69, 9.17) is 9.47 Å². The highest BCUT2D eigenvalue weighted by Crippen LogP contribution is 2.72. The molecule has 1 saturated carbocycles. The van der Waals surface area contributed by atoms with E-state index in [-0.39, 0.29) is 29.4 Å². The largest absolute Gasteiger partial charge is 0.469 e. The van der Waals surface area contributed by atoms with Crippen LogP contribution in [0.25, 0.3) is 0 Å². The molecule has 1 aliphatic carbocycles. The highest BCUT2D eigenvalue weighted by Gasteiger charge is 2.82. The van der Waals surface area contributed by atoms with Crippen LogP contribution in [0.1, 0.15) is 25.3 Å². The molecule has 3 saturated heterocycles. The molecular formula is C20H22N2O3. The molecule has 1 aromatic carbocycles. The number of carbonyl (C=O) groups is 1. The van der Waals surface area contributed by atoms with E-state index in [2.05, 4.69) is 47.5 Å². The number of esters is 1. The summed E-state index contributed by atoms with van der Waals surface area (Å²) in [6.45, 7) is 2.99. The Hall–Kier alpha value is -1.85. The summed E-state index contributed by atoms with van der Waals surface area (Å²) >= 11 is 0. The van der Waals surface area contributed by atoms with Gasteiger partial charge < -0.3 is 14.8 Å². The van der Waals surface area contributed by atoms with Gasteiger partial charge in [-0.1, -0.05) is 29.8 Å². The van der Waals surface area contributed by atoms with E-state index in [0.717, 1.165) is 25.1 Å². The molecule has 6 rings (SSSR count). The lowest BCUT2D eigenvalue weighted by Gasteiger charge is -2.60. The molecular weight excluding hydrogens is 316 g/mol. The monoisotopic (exact) mass is 338 g/mol. The van der Waals surface area contributed by atoms with Gasteiger partial charge in [-0.25, -0.2) is 0 Å². The van der Waals surface area contributed by atoms with Gasteiger partial charge in [0.05, 0.1) is 24.5 Å². The number of nitrogens with one attached hydrogen (secondary N) is 1. The van der Waals surface area contributed by atoms with Crippen molar-refractivity contribution in [3.63, 3.8) is 0 Å². The normalized spacial score (nSPS) is 46.9. The highest BCUT2D eigenvalue weighted by atomic mass is 16.6. The average Bonchev–Trinajstić information content (AvgIpc) is 3.22. The van der Waals surface area contributed by atoms with Gasteiger partial charge in [0.25, 0.3) is 0 Å². The Labute approximate surface area is 147 Å². The van der Waals surface area contributed by atoms with Gasteiger partial charge in [-0.3, -0.25) is 9.69 Å². The van der Waals surface area contributed by atoms with Crippen LogP contribution >= 0.6 is 0 Å². The number of nitrogens with zero attached hydrogens (tertiary/aromatic N) is 1. The zero-order valence-electron chi connectivity index (χ0n) is 14.5. The number of carbonyl (C=O) groups excluding carboxylic acids is 1. The van der Waals surface area contributed by atoms with Crippen molar-refractivity contribution in [2.24, 2.45) is 11.8 Å². The molecule has 4 heterocycles. The van der Waals surface area contributed by atoms with Crippen molar-refractivity contribution in [2.75, 3.05) is 19.0 Å². The van der Waals surface area contributed by atoms with Crippen molar-refractivity contribution in [3.05, 3.63) is 41.5 Å². The summed E-state index contributed by atoms with van der Waals surface area (Å²) in [5.74, 6) is -0.0451. The lowest BCUT2D eigenvalue weighted by atomic mass is 9.49. The molecule has 0 radical (unpaired) electrons. The first-order chi connectivity index (χ1) is 12.2. The number of piperidine rings is 2. The van der Waals surface area contributed by atoms with Crippen LogP contribution in [-0.2, 0) is 19.7 Å². The maximum absolute atomic E-state index is 13.1. The lowest BCUT2D eigenvalue weighted by Crippen LogP contribution is -2.73. The maximum Gasteiger partial charge on any atom is 0.310 e. The van der Waals surface area contributed by atoms with Gasteiger partial charge in [0.1, 0.15) is 6.23 Å². The average molecular weight is 338 g/mol. The summed E-state index contributed by atoms with van der Waals surface area (Å²) in [6.07, 6.45) is 4.10. The van der Waals surface area contributed by atoms with Crippen LogP contribution in [0.4, 0.5) is 5.69 Å². The Balaban J connectivity index is 1.67. The van der Waals surface area contributed by atoms with Crippen molar-refractivity contribution in [1.82, 2.24) is 4.90 Å². The minimum Gasteiger partial charge on any atom is -0.469 e. The number of benzene rings is 1. The third-order valence-electron chi connectivity index (χ3n) is 7.53. The van der Waals surface area contributed by atoms with E-state index < -0.39 is 5.72 Å². The molecule has 4 aliphatic heterocycles. The number of methoxy groups -OCH3 is 1. The van der Waals surface area contributed by atoms with Crippen molar-refractivity contribution >= 4 is 11.7 Å². The number of anilines is 1. The van der Waals surface area contributed by atoms with Gasteiger partial charge in [-0.05, 0) is 30.9 Å². The Bertz CT molecular complexity index is 836. The first kappa shape index (κ1) is 14.3. The smallest absolute Gasteiger partial charge is 0.310 e. The second-order valence-corrected chi connectivity index (χ2v) is 8.05.